The number of fused-ring (bicyclic) bond motifs is 7. The van der Waals surface area contributed by atoms with E-state index in [0.717, 1.165) is 18.3 Å². The van der Waals surface area contributed by atoms with Crippen LogP contribution >= 0.6 is 0 Å². The lowest BCUT2D eigenvalue weighted by molar-refractivity contribution is -0.198. The average Bonchev–Trinajstić information content (AvgIpc) is 2.70. The van der Waals surface area contributed by atoms with Gasteiger partial charge in [0.25, 0.3) is 0 Å². The minimum Gasteiger partial charge on any atom is -0.462 e. The highest BCUT2D eigenvalue weighted by molar-refractivity contribution is 5.66. The Morgan fingerprint density at radius 2 is 1.41 bits per heavy atom. The number of rotatable bonds is 1. The largest absolute Gasteiger partial charge is 0.462 e. The van der Waals surface area contributed by atoms with Crippen molar-refractivity contribution < 1.29 is 9.53 Å². The van der Waals surface area contributed by atoms with Crippen molar-refractivity contribution in [1.82, 2.24) is 0 Å². The predicted octanol–water partition coefficient (Wildman–Crippen LogP) is 8.74. The number of hydrogen-bond donors (Lipinski definition) is 0. The van der Waals surface area contributed by atoms with Crippen LogP contribution in [0.1, 0.15) is 127 Å². The van der Waals surface area contributed by atoms with Crippen LogP contribution in [0.5, 0.6) is 0 Å². The van der Waals surface area contributed by atoms with E-state index >= 15 is 0 Å². The molecule has 0 spiro atoms. The molecular weight excluding hydrogens is 416 g/mol. The first kappa shape index (κ1) is 24.9. The van der Waals surface area contributed by atoms with Crippen LogP contribution in [0.25, 0.3) is 0 Å². The van der Waals surface area contributed by atoms with Gasteiger partial charge in [-0.1, -0.05) is 67.0 Å². The normalized spacial score (nSPS) is 51.1. The predicted molar refractivity (Wildman–Crippen MR) is 140 cm³/mol. The second kappa shape index (κ2) is 7.38. The maximum atomic E-state index is 11.9. The maximum absolute atomic E-state index is 11.9. The van der Waals surface area contributed by atoms with E-state index < -0.39 is 0 Å². The number of carbonyl (C=O) groups is 1. The van der Waals surface area contributed by atoms with E-state index in [1.54, 1.807) is 6.92 Å². The molecule has 2 heteroatoms. The Balaban J connectivity index is 1.51. The summed E-state index contributed by atoms with van der Waals surface area (Å²) in [6, 6.07) is 0. The summed E-state index contributed by atoms with van der Waals surface area (Å²) in [5.74, 6) is 2.09. The third kappa shape index (κ3) is 3.28. The SMILES string of the molecule is CC(=O)O[C@H]1CC[C@]2(C)[C@H]3CCC4(C)C(=CC[C@@]5(C)CCC(C)(C)C[C@@H]45)[C@]3(C)CC[C@H]2C1(C)C. The molecule has 0 saturated heterocycles. The monoisotopic (exact) mass is 468 g/mol. The van der Waals surface area contributed by atoms with Crippen molar-refractivity contribution in [2.45, 2.75) is 133 Å². The van der Waals surface area contributed by atoms with Gasteiger partial charge in [-0.05, 0) is 109 Å². The molecule has 4 saturated carbocycles. The topological polar surface area (TPSA) is 26.3 Å². The first-order valence-electron chi connectivity index (χ1n) is 14.5. The molecule has 192 valence electrons. The first-order valence-corrected chi connectivity index (χ1v) is 14.5. The first-order chi connectivity index (χ1) is 15.6. The van der Waals surface area contributed by atoms with E-state index in [-0.39, 0.29) is 17.5 Å². The number of ether oxygens (including phenoxy) is 1. The molecule has 8 atom stereocenters. The molecule has 5 rings (SSSR count). The van der Waals surface area contributed by atoms with E-state index in [9.17, 15) is 4.79 Å². The molecule has 0 aromatic carbocycles. The van der Waals surface area contributed by atoms with Crippen LogP contribution in [0.4, 0.5) is 0 Å². The highest BCUT2D eigenvalue weighted by Gasteiger charge is 2.67. The lowest BCUT2D eigenvalue weighted by atomic mass is 9.34. The second-order valence-corrected chi connectivity index (χ2v) is 15.9. The molecule has 0 N–H and O–H groups in total. The summed E-state index contributed by atoms with van der Waals surface area (Å²) in [5.41, 5.74) is 3.90. The molecule has 5 aliphatic carbocycles. The summed E-state index contributed by atoms with van der Waals surface area (Å²) in [6.07, 6.45) is 15.9. The summed E-state index contributed by atoms with van der Waals surface area (Å²) in [5, 5.41) is 0. The molecule has 4 fully saturated rings. The van der Waals surface area contributed by atoms with Crippen LogP contribution in [0.2, 0.25) is 0 Å². The van der Waals surface area contributed by atoms with Crippen LogP contribution in [-0.2, 0) is 9.53 Å². The molecule has 0 bridgehead atoms. The quantitative estimate of drug-likeness (QED) is 0.284. The van der Waals surface area contributed by atoms with Gasteiger partial charge >= 0.3 is 5.97 Å². The van der Waals surface area contributed by atoms with Crippen LogP contribution in [-0.4, -0.2) is 12.1 Å². The Kier molecular flexibility index (Phi) is 5.40. The molecule has 0 aliphatic heterocycles. The molecular formula is C32H52O2. The third-order valence-corrected chi connectivity index (χ3v) is 13.0. The summed E-state index contributed by atoms with van der Waals surface area (Å²) in [7, 11) is 0. The van der Waals surface area contributed by atoms with Gasteiger partial charge in [0.15, 0.2) is 0 Å². The Morgan fingerprint density at radius 3 is 2.06 bits per heavy atom. The minimum atomic E-state index is -0.110. The van der Waals surface area contributed by atoms with Crippen LogP contribution in [0.3, 0.4) is 0 Å². The van der Waals surface area contributed by atoms with Crippen LogP contribution < -0.4 is 0 Å². The van der Waals surface area contributed by atoms with E-state index in [1.165, 1.54) is 57.8 Å². The van der Waals surface area contributed by atoms with Gasteiger partial charge < -0.3 is 4.74 Å². The number of esters is 1. The number of hydrogen-bond acceptors (Lipinski definition) is 2. The standard InChI is InChI=1S/C32H52O2/c1-21(33)34-26-13-17-30(7)22(28(26,4)5)11-15-31(8)23-10-14-29(6)19-18-27(2,3)20-25(29)32(23,9)16-12-24(30)31/h10,22,24-26H,11-20H2,1-9H3/t22-,24+,25+,26-,29-,30-,31-,32?/m0/s1. The fraction of sp³-hybridized carbons (Fsp3) is 0.906. The van der Waals surface area contributed by atoms with Crippen molar-refractivity contribution in [2.75, 3.05) is 0 Å². The molecule has 0 heterocycles. The van der Waals surface area contributed by atoms with Crippen LogP contribution in [0.15, 0.2) is 11.6 Å². The van der Waals surface area contributed by atoms with Gasteiger partial charge in [0.1, 0.15) is 6.10 Å². The molecule has 2 nitrogen and oxygen atoms in total. The molecule has 0 aromatic rings. The molecule has 5 aliphatic rings. The Hall–Kier alpha value is -0.790. The van der Waals surface area contributed by atoms with Crippen molar-refractivity contribution >= 4 is 5.97 Å². The summed E-state index contributed by atoms with van der Waals surface area (Å²) in [6.45, 7) is 22.0. The Bertz CT molecular complexity index is 897. The van der Waals surface area contributed by atoms with E-state index in [2.05, 4.69) is 61.5 Å². The van der Waals surface area contributed by atoms with E-state index in [0.29, 0.717) is 33.0 Å². The summed E-state index contributed by atoms with van der Waals surface area (Å²) < 4.78 is 5.90. The maximum Gasteiger partial charge on any atom is 0.302 e. The third-order valence-electron chi connectivity index (χ3n) is 13.0. The second-order valence-electron chi connectivity index (χ2n) is 15.9. The van der Waals surface area contributed by atoms with E-state index in [4.69, 9.17) is 4.74 Å². The highest BCUT2D eigenvalue weighted by atomic mass is 16.5. The zero-order valence-electron chi connectivity index (χ0n) is 23.8. The van der Waals surface area contributed by atoms with Gasteiger partial charge in [-0.15, -0.1) is 0 Å². The Morgan fingerprint density at radius 1 is 0.794 bits per heavy atom. The number of allylic oxidation sites excluding steroid dienone is 2. The molecule has 34 heavy (non-hydrogen) atoms. The van der Waals surface area contributed by atoms with Crippen molar-refractivity contribution in [1.29, 1.82) is 0 Å². The number of carbonyl (C=O) groups excluding carboxylic acids is 1. The average molecular weight is 469 g/mol. The fourth-order valence-electron chi connectivity index (χ4n) is 11.2. The van der Waals surface area contributed by atoms with Crippen molar-refractivity contribution in [3.05, 3.63) is 11.6 Å². The summed E-state index contributed by atoms with van der Waals surface area (Å²) >= 11 is 0. The molecule has 1 unspecified atom stereocenters. The zero-order chi connectivity index (χ0) is 24.9. The van der Waals surface area contributed by atoms with Crippen molar-refractivity contribution in [2.24, 2.45) is 50.2 Å². The minimum absolute atomic E-state index is 0.0493. The van der Waals surface area contributed by atoms with Gasteiger partial charge in [0, 0.05) is 12.3 Å². The zero-order valence-corrected chi connectivity index (χ0v) is 23.8. The van der Waals surface area contributed by atoms with Crippen molar-refractivity contribution in [3.8, 4) is 0 Å². The lowest BCUT2D eigenvalue weighted by Crippen LogP contribution is -2.63. The van der Waals surface area contributed by atoms with Gasteiger partial charge in [0.05, 0.1) is 0 Å². The highest BCUT2D eigenvalue weighted by Crippen LogP contribution is 2.75. The molecule has 0 aromatic heterocycles. The van der Waals surface area contributed by atoms with Gasteiger partial charge in [-0.3, -0.25) is 4.79 Å². The van der Waals surface area contributed by atoms with Crippen molar-refractivity contribution in [3.63, 3.8) is 0 Å². The van der Waals surface area contributed by atoms with E-state index in [1.807, 2.05) is 5.57 Å². The van der Waals surface area contributed by atoms with Gasteiger partial charge in [0.2, 0.25) is 0 Å². The smallest absolute Gasteiger partial charge is 0.302 e. The Labute approximate surface area is 210 Å². The molecule has 0 radical (unpaired) electrons. The molecule has 0 amide bonds. The van der Waals surface area contributed by atoms with Crippen LogP contribution in [0, 0.1) is 50.2 Å². The van der Waals surface area contributed by atoms with Gasteiger partial charge in [-0.25, -0.2) is 0 Å². The van der Waals surface area contributed by atoms with Gasteiger partial charge in [-0.2, -0.15) is 0 Å². The fourth-order valence-corrected chi connectivity index (χ4v) is 11.2. The summed E-state index contributed by atoms with van der Waals surface area (Å²) in [4.78, 5) is 11.9. The lowest BCUT2D eigenvalue weighted by Gasteiger charge is -2.70.